The summed E-state index contributed by atoms with van der Waals surface area (Å²) in [6.07, 6.45) is -0.992. The number of anilines is 1. The van der Waals surface area contributed by atoms with E-state index in [1.165, 1.54) is 12.1 Å². The number of rotatable bonds is 9. The molecule has 4 rings (SSSR count). The van der Waals surface area contributed by atoms with Gasteiger partial charge >= 0.3 is 6.18 Å². The summed E-state index contributed by atoms with van der Waals surface area (Å²) in [6.45, 7) is 1.73. The van der Waals surface area contributed by atoms with E-state index in [2.05, 4.69) is 10.0 Å². The van der Waals surface area contributed by atoms with Crippen molar-refractivity contribution in [1.29, 1.82) is 5.26 Å². The maximum Gasteiger partial charge on any atom is 0.417 e. The molecule has 3 unspecified atom stereocenters. The summed E-state index contributed by atoms with van der Waals surface area (Å²) >= 11 is -2.40. The zero-order valence-corrected chi connectivity index (χ0v) is 23.7. The highest BCUT2D eigenvalue weighted by Crippen LogP contribution is 2.38. The second-order valence-electron chi connectivity index (χ2n) is 10.7. The second kappa shape index (κ2) is 13.2. The van der Waals surface area contributed by atoms with Crippen molar-refractivity contribution in [3.8, 4) is 17.2 Å². The Balaban J connectivity index is 1.61. The number of nitrogens with one attached hydrogen (secondary N) is 2. The molecular weight excluding hydrogens is 567 g/mol. The van der Waals surface area contributed by atoms with E-state index >= 15 is 0 Å². The van der Waals surface area contributed by atoms with Gasteiger partial charge in [0.2, 0.25) is 0 Å². The molecule has 3 aromatic carbocycles. The molecule has 0 heterocycles. The Morgan fingerprint density at radius 3 is 2.38 bits per heavy atom. The smallest absolute Gasteiger partial charge is 0.417 e. The molecule has 0 saturated heterocycles. The van der Waals surface area contributed by atoms with Gasteiger partial charge in [0.25, 0.3) is 5.91 Å². The van der Waals surface area contributed by atoms with Gasteiger partial charge in [-0.25, -0.2) is 4.72 Å². The Hall–Kier alpha value is -3.56. The van der Waals surface area contributed by atoms with Gasteiger partial charge in [-0.15, -0.1) is 0 Å². The molecule has 3 aromatic rings. The van der Waals surface area contributed by atoms with Gasteiger partial charge in [0.1, 0.15) is 5.60 Å². The summed E-state index contributed by atoms with van der Waals surface area (Å²) in [5, 5.41) is 23.5. The number of halogens is 3. The van der Waals surface area contributed by atoms with Gasteiger partial charge in [0.05, 0.1) is 17.2 Å². The van der Waals surface area contributed by atoms with Crippen molar-refractivity contribution in [3.63, 3.8) is 0 Å². The van der Waals surface area contributed by atoms with Gasteiger partial charge in [0, 0.05) is 29.4 Å². The number of aliphatic hydroxyl groups is 1. The van der Waals surface area contributed by atoms with Crippen LogP contribution in [0.15, 0.2) is 66.7 Å². The first kappa shape index (κ1) is 31.4. The molecule has 0 aromatic heterocycles. The molecule has 3 atom stereocenters. The Bertz CT molecular complexity index is 1480. The molecule has 1 fully saturated rings. The third-order valence-electron chi connectivity index (χ3n) is 7.79. The first-order valence-corrected chi connectivity index (χ1v) is 14.7. The van der Waals surface area contributed by atoms with Crippen molar-refractivity contribution < 1.29 is 31.8 Å². The lowest BCUT2D eigenvalue weighted by molar-refractivity contribution is -0.142. The monoisotopic (exact) mass is 598 g/mol. The predicted octanol–water partition coefficient (Wildman–Crippen LogP) is 6.18. The van der Waals surface area contributed by atoms with Crippen LogP contribution in [0.3, 0.4) is 0 Å². The number of amides is 1. The van der Waals surface area contributed by atoms with Crippen LogP contribution in [-0.2, 0) is 28.7 Å². The zero-order valence-electron chi connectivity index (χ0n) is 22.9. The minimum atomic E-state index is -4.78. The molecule has 7 nitrogen and oxygen atoms in total. The molecule has 42 heavy (non-hydrogen) atoms. The predicted molar refractivity (Wildman–Crippen MR) is 152 cm³/mol. The number of carbonyl (C=O) groups excluding carboxylic acids is 1. The van der Waals surface area contributed by atoms with Crippen LogP contribution in [0.1, 0.15) is 67.3 Å². The molecule has 1 saturated carbocycles. The first-order valence-electron chi connectivity index (χ1n) is 13.6. The molecule has 0 bridgehead atoms. The van der Waals surface area contributed by atoms with Crippen molar-refractivity contribution in [1.82, 2.24) is 4.72 Å². The minimum Gasteiger partial charge on any atom is -0.760 e. The van der Waals surface area contributed by atoms with Crippen molar-refractivity contribution in [3.05, 3.63) is 89.0 Å². The van der Waals surface area contributed by atoms with Crippen LogP contribution in [0.5, 0.6) is 0 Å². The number of nitriles is 1. The molecule has 1 aliphatic rings. The van der Waals surface area contributed by atoms with Gasteiger partial charge in [-0.2, -0.15) is 18.4 Å². The minimum absolute atomic E-state index is 0.0475. The molecule has 11 heteroatoms. The topological polar surface area (TPSA) is 125 Å². The third-order valence-corrected chi connectivity index (χ3v) is 8.34. The lowest BCUT2D eigenvalue weighted by Crippen LogP contribution is -2.51. The van der Waals surface area contributed by atoms with Gasteiger partial charge in [-0.05, 0) is 66.1 Å². The Kier molecular flexibility index (Phi) is 9.84. The van der Waals surface area contributed by atoms with Crippen LogP contribution in [0.2, 0.25) is 0 Å². The molecule has 1 amide bonds. The Morgan fingerprint density at radius 2 is 1.76 bits per heavy atom. The van der Waals surface area contributed by atoms with Crippen molar-refractivity contribution in [2.75, 3.05) is 5.32 Å². The zero-order chi connectivity index (χ0) is 30.5. The van der Waals surface area contributed by atoms with E-state index in [-0.39, 0.29) is 12.1 Å². The largest absolute Gasteiger partial charge is 0.760 e. The summed E-state index contributed by atoms with van der Waals surface area (Å²) in [4.78, 5) is 13.6. The quantitative estimate of drug-likeness (QED) is 0.254. The molecule has 3 N–H and O–H groups in total. The molecule has 0 spiro atoms. The van der Waals surface area contributed by atoms with Crippen LogP contribution >= 0.6 is 0 Å². The SMILES string of the molecule is CC(NS(=O)[O-])c1ccc(-c2cccc(CC(O)(C(=O)Nc3ccc(C#N)c(C(F)(F)F)c3)C3CCCCC3)c2)cc1. The molecular formula is C31H31F3N3O4S-. The molecule has 222 valence electrons. The lowest BCUT2D eigenvalue weighted by Gasteiger charge is -2.37. The van der Waals surface area contributed by atoms with Gasteiger partial charge in [0.15, 0.2) is 0 Å². The fourth-order valence-corrected chi connectivity index (χ4v) is 5.96. The Morgan fingerprint density at radius 1 is 1.07 bits per heavy atom. The first-order chi connectivity index (χ1) is 19.9. The van der Waals surface area contributed by atoms with Crippen molar-refractivity contribution >= 4 is 22.9 Å². The van der Waals surface area contributed by atoms with Gasteiger partial charge < -0.3 is 15.0 Å². The summed E-state index contributed by atoms with van der Waals surface area (Å²) in [5.74, 6) is -1.19. The van der Waals surface area contributed by atoms with E-state index in [9.17, 15) is 31.8 Å². The fraction of sp³-hybridized carbons (Fsp3) is 0.355. The number of carbonyl (C=O) groups is 1. The van der Waals surface area contributed by atoms with Gasteiger partial charge in [-0.1, -0.05) is 67.8 Å². The van der Waals surface area contributed by atoms with Crippen LogP contribution in [0, 0.1) is 17.2 Å². The van der Waals surface area contributed by atoms with Crippen molar-refractivity contribution in [2.24, 2.45) is 5.92 Å². The van der Waals surface area contributed by atoms with E-state index in [4.69, 9.17) is 5.26 Å². The van der Waals surface area contributed by atoms with Gasteiger partial charge in [-0.3, -0.25) is 9.00 Å². The lowest BCUT2D eigenvalue weighted by atomic mass is 9.73. The average Bonchev–Trinajstić information content (AvgIpc) is 2.97. The van der Waals surface area contributed by atoms with E-state index in [0.29, 0.717) is 24.5 Å². The standard InChI is InChI=1S/C31H32F3N3O4S/c1-20(37-42(40)41)22-10-12-23(13-11-22)24-7-5-6-21(16-24)18-30(39,26-8-3-2-4-9-26)29(38)36-27-15-14-25(19-35)28(17-27)31(32,33)34/h5-7,10-17,20,26,37,39H,2-4,8-9,18H2,1H3,(H,36,38)(H,40,41)/p-1. The van der Waals surface area contributed by atoms with E-state index in [1.54, 1.807) is 19.1 Å². The highest BCUT2D eigenvalue weighted by molar-refractivity contribution is 7.77. The number of benzene rings is 3. The molecule has 0 radical (unpaired) electrons. The van der Waals surface area contributed by atoms with E-state index < -0.39 is 52.0 Å². The number of nitrogens with zero attached hydrogens (tertiary/aromatic N) is 1. The van der Waals surface area contributed by atoms with Crippen molar-refractivity contribution in [2.45, 2.75) is 63.3 Å². The highest BCUT2D eigenvalue weighted by atomic mass is 32.2. The number of alkyl halides is 3. The van der Waals surface area contributed by atoms with E-state index in [0.717, 1.165) is 42.0 Å². The summed E-state index contributed by atoms with van der Waals surface area (Å²) in [6, 6.07) is 18.7. The maximum atomic E-state index is 13.6. The summed E-state index contributed by atoms with van der Waals surface area (Å²) in [5.41, 5.74) is -0.637. The fourth-order valence-electron chi connectivity index (χ4n) is 5.53. The number of hydrogen-bond acceptors (Lipinski definition) is 5. The third kappa shape index (κ3) is 7.44. The number of hydrogen-bond donors (Lipinski definition) is 3. The van der Waals surface area contributed by atoms with Crippen LogP contribution in [-0.4, -0.2) is 25.4 Å². The Labute approximate surface area is 245 Å². The van der Waals surface area contributed by atoms with Crippen LogP contribution < -0.4 is 10.0 Å². The summed E-state index contributed by atoms with van der Waals surface area (Å²) < 4.78 is 64.9. The van der Waals surface area contributed by atoms with Crippen LogP contribution in [0.4, 0.5) is 18.9 Å². The average molecular weight is 599 g/mol. The van der Waals surface area contributed by atoms with E-state index in [1.807, 2.05) is 36.4 Å². The maximum absolute atomic E-state index is 13.6. The molecule has 1 aliphatic carbocycles. The second-order valence-corrected chi connectivity index (χ2v) is 11.4. The normalized spacial score (nSPS) is 17.1. The summed E-state index contributed by atoms with van der Waals surface area (Å²) in [7, 11) is 0. The highest BCUT2D eigenvalue weighted by Gasteiger charge is 2.44. The molecule has 0 aliphatic heterocycles. The van der Waals surface area contributed by atoms with Crippen LogP contribution in [0.25, 0.3) is 11.1 Å².